The topological polar surface area (TPSA) is 104 Å². The number of hydrogen-bond donors (Lipinski definition) is 3. The fourth-order valence-corrected chi connectivity index (χ4v) is 2.50. The number of hydrogen-bond acceptors (Lipinski definition) is 7. The van der Waals surface area contributed by atoms with Gasteiger partial charge in [0.1, 0.15) is 17.3 Å². The largest absolute Gasteiger partial charge is 0.508 e. The molecule has 0 saturated heterocycles. The second-order valence-corrected chi connectivity index (χ2v) is 5.48. The lowest BCUT2D eigenvalue weighted by atomic mass is 10.1. The van der Waals surface area contributed by atoms with Crippen molar-refractivity contribution in [2.45, 2.75) is 20.3 Å². The summed E-state index contributed by atoms with van der Waals surface area (Å²) >= 11 is 0. The maximum Gasteiger partial charge on any atom is 0.316 e. The molecule has 7 nitrogen and oxygen atoms in total. The van der Waals surface area contributed by atoms with Crippen LogP contribution in [0, 0.1) is 13.8 Å². The Bertz CT molecular complexity index is 824. The molecule has 0 saturated carbocycles. The maximum absolute atomic E-state index is 9.78. The SMILES string of the molecule is Cc1noc(C)c1-c1cc(NCCc2ccc(O)cc2)nc(O)n1. The van der Waals surface area contributed by atoms with Crippen molar-refractivity contribution in [2.24, 2.45) is 0 Å². The highest BCUT2D eigenvalue weighted by molar-refractivity contribution is 5.66. The zero-order valence-corrected chi connectivity index (χ0v) is 13.4. The maximum atomic E-state index is 9.78. The number of anilines is 1. The van der Waals surface area contributed by atoms with Crippen LogP contribution in [0.2, 0.25) is 0 Å². The number of benzene rings is 1. The van der Waals surface area contributed by atoms with Gasteiger partial charge in [-0.1, -0.05) is 17.3 Å². The summed E-state index contributed by atoms with van der Waals surface area (Å²) in [5, 5.41) is 26.1. The number of nitrogens with zero attached hydrogens (tertiary/aromatic N) is 3. The van der Waals surface area contributed by atoms with Gasteiger partial charge in [0, 0.05) is 12.6 Å². The fraction of sp³-hybridized carbons (Fsp3) is 0.235. The molecule has 0 aliphatic carbocycles. The van der Waals surface area contributed by atoms with Crippen LogP contribution < -0.4 is 5.32 Å². The first kappa shape index (κ1) is 15.8. The molecule has 0 radical (unpaired) electrons. The Balaban J connectivity index is 1.73. The van der Waals surface area contributed by atoms with E-state index in [-0.39, 0.29) is 11.8 Å². The van der Waals surface area contributed by atoms with Crippen LogP contribution in [-0.4, -0.2) is 31.9 Å². The molecule has 0 fully saturated rings. The molecule has 0 aliphatic heterocycles. The van der Waals surface area contributed by atoms with Crippen LogP contribution in [0.5, 0.6) is 11.8 Å². The molecule has 1 aromatic carbocycles. The summed E-state index contributed by atoms with van der Waals surface area (Å²) in [7, 11) is 0. The normalized spacial score (nSPS) is 10.8. The third kappa shape index (κ3) is 3.45. The van der Waals surface area contributed by atoms with Crippen molar-refractivity contribution >= 4 is 5.82 Å². The van der Waals surface area contributed by atoms with Crippen molar-refractivity contribution < 1.29 is 14.7 Å². The summed E-state index contributed by atoms with van der Waals surface area (Å²) in [6.07, 6.45) is 0.756. The molecular formula is C17H18N4O3. The van der Waals surface area contributed by atoms with Crippen LogP contribution in [-0.2, 0) is 6.42 Å². The summed E-state index contributed by atoms with van der Waals surface area (Å²) in [5.41, 5.74) is 3.12. The second kappa shape index (κ2) is 6.57. The molecule has 3 N–H and O–H groups in total. The zero-order valence-electron chi connectivity index (χ0n) is 13.4. The number of aromatic hydroxyl groups is 2. The standard InChI is InChI=1S/C17H18N4O3/c1-10-16(11(2)24-21-10)14-9-15(20-17(23)19-14)18-8-7-12-3-5-13(22)6-4-12/h3-6,9,22H,7-8H2,1-2H3,(H2,18,19,20,23). The smallest absolute Gasteiger partial charge is 0.316 e. The molecule has 0 atom stereocenters. The number of rotatable bonds is 5. The highest BCUT2D eigenvalue weighted by Crippen LogP contribution is 2.27. The van der Waals surface area contributed by atoms with Crippen LogP contribution in [0.1, 0.15) is 17.0 Å². The molecule has 2 heterocycles. The minimum absolute atomic E-state index is 0.247. The van der Waals surface area contributed by atoms with Crippen molar-refractivity contribution in [3.8, 4) is 23.0 Å². The van der Waals surface area contributed by atoms with Crippen LogP contribution in [0.3, 0.4) is 0 Å². The molecule has 124 valence electrons. The van der Waals surface area contributed by atoms with Gasteiger partial charge in [-0.05, 0) is 38.0 Å². The van der Waals surface area contributed by atoms with Gasteiger partial charge in [-0.25, -0.2) is 0 Å². The number of phenols is 1. The number of aryl methyl sites for hydroxylation is 2. The molecule has 3 aromatic rings. The number of phenolic OH excluding ortho intramolecular Hbond substituents is 1. The first-order valence-electron chi connectivity index (χ1n) is 7.56. The summed E-state index contributed by atoms with van der Waals surface area (Å²) in [6, 6.07) is 8.49. The minimum atomic E-state index is -0.306. The fourth-order valence-electron chi connectivity index (χ4n) is 2.50. The van der Waals surface area contributed by atoms with E-state index in [2.05, 4.69) is 20.4 Å². The van der Waals surface area contributed by atoms with Gasteiger partial charge < -0.3 is 20.1 Å². The van der Waals surface area contributed by atoms with Gasteiger partial charge in [-0.15, -0.1) is 0 Å². The van der Waals surface area contributed by atoms with Gasteiger partial charge in [-0.3, -0.25) is 0 Å². The van der Waals surface area contributed by atoms with E-state index in [1.54, 1.807) is 25.1 Å². The summed E-state index contributed by atoms with van der Waals surface area (Å²) in [4.78, 5) is 8.04. The average Bonchev–Trinajstić information content (AvgIpc) is 2.88. The molecule has 0 bridgehead atoms. The van der Waals surface area contributed by atoms with E-state index >= 15 is 0 Å². The minimum Gasteiger partial charge on any atom is -0.508 e. The van der Waals surface area contributed by atoms with E-state index in [0.717, 1.165) is 17.5 Å². The molecule has 2 aromatic heterocycles. The highest BCUT2D eigenvalue weighted by Gasteiger charge is 2.15. The zero-order chi connectivity index (χ0) is 17.1. The van der Waals surface area contributed by atoms with Crippen LogP contribution in [0.25, 0.3) is 11.3 Å². The van der Waals surface area contributed by atoms with Crippen molar-refractivity contribution in [1.82, 2.24) is 15.1 Å². The van der Waals surface area contributed by atoms with Gasteiger partial charge >= 0.3 is 6.01 Å². The molecule has 24 heavy (non-hydrogen) atoms. The Morgan fingerprint density at radius 3 is 2.50 bits per heavy atom. The summed E-state index contributed by atoms with van der Waals surface area (Å²) in [6.45, 7) is 4.25. The number of aromatic nitrogens is 3. The summed E-state index contributed by atoms with van der Waals surface area (Å²) < 4.78 is 5.15. The Morgan fingerprint density at radius 1 is 1.08 bits per heavy atom. The second-order valence-electron chi connectivity index (χ2n) is 5.48. The van der Waals surface area contributed by atoms with Crippen molar-refractivity contribution in [2.75, 3.05) is 11.9 Å². The molecule has 0 unspecified atom stereocenters. The molecule has 0 aliphatic rings. The Kier molecular flexibility index (Phi) is 4.33. The molecule has 0 spiro atoms. The third-order valence-corrected chi connectivity index (χ3v) is 3.66. The van der Waals surface area contributed by atoms with Crippen molar-refractivity contribution in [3.05, 3.63) is 47.3 Å². The van der Waals surface area contributed by atoms with E-state index in [4.69, 9.17) is 4.52 Å². The Labute approximate surface area is 139 Å². The summed E-state index contributed by atoms with van der Waals surface area (Å²) in [5.74, 6) is 1.41. The lowest BCUT2D eigenvalue weighted by Gasteiger charge is -2.08. The highest BCUT2D eigenvalue weighted by atomic mass is 16.5. The van der Waals surface area contributed by atoms with Gasteiger partial charge in [0.05, 0.1) is 17.0 Å². The van der Waals surface area contributed by atoms with E-state index < -0.39 is 0 Å². The van der Waals surface area contributed by atoms with E-state index in [0.29, 0.717) is 29.5 Å². The molecular weight excluding hydrogens is 308 g/mol. The third-order valence-electron chi connectivity index (χ3n) is 3.66. The number of nitrogens with one attached hydrogen (secondary N) is 1. The van der Waals surface area contributed by atoms with E-state index in [1.165, 1.54) is 0 Å². The van der Waals surface area contributed by atoms with Gasteiger partial charge in [0.2, 0.25) is 0 Å². The molecule has 7 heteroatoms. The predicted molar refractivity (Wildman–Crippen MR) is 89.0 cm³/mol. The Hall–Kier alpha value is -3.09. The van der Waals surface area contributed by atoms with E-state index in [1.807, 2.05) is 19.1 Å². The lowest BCUT2D eigenvalue weighted by Crippen LogP contribution is -2.07. The molecule has 3 rings (SSSR count). The first-order chi connectivity index (χ1) is 11.5. The first-order valence-corrected chi connectivity index (χ1v) is 7.56. The van der Waals surface area contributed by atoms with E-state index in [9.17, 15) is 10.2 Å². The van der Waals surface area contributed by atoms with Crippen LogP contribution >= 0.6 is 0 Å². The quantitative estimate of drug-likeness (QED) is 0.662. The Morgan fingerprint density at radius 2 is 1.83 bits per heavy atom. The monoisotopic (exact) mass is 326 g/mol. The van der Waals surface area contributed by atoms with Gasteiger partial charge in [0.15, 0.2) is 0 Å². The van der Waals surface area contributed by atoms with Crippen molar-refractivity contribution in [3.63, 3.8) is 0 Å². The van der Waals surface area contributed by atoms with Crippen LogP contribution in [0.4, 0.5) is 5.82 Å². The molecule has 0 amide bonds. The average molecular weight is 326 g/mol. The predicted octanol–water partition coefficient (Wildman–Crippen LogP) is 2.81. The van der Waals surface area contributed by atoms with Crippen LogP contribution in [0.15, 0.2) is 34.9 Å². The lowest BCUT2D eigenvalue weighted by molar-refractivity contribution is 0.393. The van der Waals surface area contributed by atoms with Crippen molar-refractivity contribution in [1.29, 1.82) is 0 Å². The van der Waals surface area contributed by atoms with Gasteiger partial charge in [0.25, 0.3) is 0 Å². The van der Waals surface area contributed by atoms with Gasteiger partial charge in [-0.2, -0.15) is 9.97 Å².